The van der Waals surface area contributed by atoms with Crippen molar-refractivity contribution in [3.8, 4) is 5.69 Å². The Bertz CT molecular complexity index is 1660. The second-order valence-electron chi connectivity index (χ2n) is 11.5. The lowest BCUT2D eigenvalue weighted by molar-refractivity contribution is 0.0600. The largest absolute Gasteiger partial charge is 0.465 e. The number of esters is 1. The summed E-state index contributed by atoms with van der Waals surface area (Å²) in [5, 5.41) is 4.88. The van der Waals surface area contributed by atoms with Crippen LogP contribution in [0.1, 0.15) is 64.9 Å². The Morgan fingerprint density at radius 3 is 2.47 bits per heavy atom. The van der Waals surface area contributed by atoms with Crippen molar-refractivity contribution in [2.24, 2.45) is 5.92 Å². The van der Waals surface area contributed by atoms with Crippen LogP contribution in [-0.2, 0) is 4.74 Å². The molecular formula is C34H36ClN5O2S. The number of methoxy groups -OCH3 is 1. The Kier molecular flexibility index (Phi) is 8.16. The molecule has 9 heteroatoms. The molecule has 2 aromatic carbocycles. The fraction of sp³-hybridized carbons (Fsp3) is 0.324. The van der Waals surface area contributed by atoms with E-state index in [1.165, 1.54) is 20.0 Å². The summed E-state index contributed by atoms with van der Waals surface area (Å²) in [5.41, 5.74) is 7.22. The van der Waals surface area contributed by atoms with Crippen LogP contribution in [0.2, 0.25) is 5.02 Å². The summed E-state index contributed by atoms with van der Waals surface area (Å²) in [6, 6.07) is 21.5. The minimum absolute atomic E-state index is 0.208. The van der Waals surface area contributed by atoms with Gasteiger partial charge < -0.3 is 24.4 Å². The number of halogens is 1. The number of carbonyl (C=O) groups excluding carboxylic acids is 1. The highest BCUT2D eigenvalue weighted by Crippen LogP contribution is 2.45. The molecule has 0 amide bonds. The summed E-state index contributed by atoms with van der Waals surface area (Å²) in [6.45, 7) is 8.46. The van der Waals surface area contributed by atoms with Gasteiger partial charge in [0.05, 0.1) is 46.8 Å². The monoisotopic (exact) mass is 613 g/mol. The molecule has 43 heavy (non-hydrogen) atoms. The maximum atomic E-state index is 12.7. The van der Waals surface area contributed by atoms with Crippen molar-refractivity contribution >= 4 is 46.3 Å². The fourth-order valence-electron chi connectivity index (χ4n) is 6.51. The number of piperidine rings is 1. The molecule has 0 aliphatic carbocycles. The molecule has 2 saturated heterocycles. The lowest BCUT2D eigenvalue weighted by Gasteiger charge is -2.33. The third kappa shape index (κ3) is 5.38. The molecule has 4 aromatic rings. The van der Waals surface area contributed by atoms with E-state index in [1.54, 1.807) is 12.3 Å². The predicted octanol–water partition coefficient (Wildman–Crippen LogP) is 7.34. The number of thiocarbonyl (C=S) groups is 1. The van der Waals surface area contributed by atoms with Gasteiger partial charge in [0.1, 0.15) is 0 Å². The van der Waals surface area contributed by atoms with Crippen LogP contribution in [0.5, 0.6) is 0 Å². The first-order chi connectivity index (χ1) is 20.8. The molecule has 0 bridgehead atoms. The highest BCUT2D eigenvalue weighted by Gasteiger charge is 2.42. The van der Waals surface area contributed by atoms with Crippen LogP contribution in [-0.4, -0.2) is 40.8 Å². The van der Waals surface area contributed by atoms with Gasteiger partial charge in [-0.15, -0.1) is 0 Å². The van der Waals surface area contributed by atoms with Gasteiger partial charge in [0.15, 0.2) is 5.11 Å². The maximum absolute atomic E-state index is 12.7. The van der Waals surface area contributed by atoms with Crippen molar-refractivity contribution in [1.29, 1.82) is 0 Å². The van der Waals surface area contributed by atoms with Gasteiger partial charge in [-0.1, -0.05) is 36.7 Å². The van der Waals surface area contributed by atoms with Gasteiger partial charge in [-0.05, 0) is 98.9 Å². The standard InChI is InChI=1S/C34H36ClN5O2S/c1-21-14-17-38(18-15-21)30-13-12-24(20-27(30)35)40-32(31(37-34(40)43)28-10-7-8-16-36-28)26-19-22(2)39(23(26)3)29-11-6-5-9-25(29)33(41)42-4/h5-13,16,19-21,31-32H,14-15,17-18H2,1-4H3,(H,37,43)/t31-,32+/m0/s1. The summed E-state index contributed by atoms with van der Waals surface area (Å²) in [7, 11) is 1.41. The van der Waals surface area contributed by atoms with Crippen LogP contribution in [0.3, 0.4) is 0 Å². The van der Waals surface area contributed by atoms with Crippen LogP contribution in [0.25, 0.3) is 5.69 Å². The number of aromatic nitrogens is 2. The van der Waals surface area contributed by atoms with Gasteiger partial charge in [-0.3, -0.25) is 4.98 Å². The molecule has 0 unspecified atom stereocenters. The zero-order valence-corrected chi connectivity index (χ0v) is 26.5. The van der Waals surface area contributed by atoms with E-state index in [4.69, 9.17) is 33.5 Å². The number of hydrogen-bond acceptors (Lipinski definition) is 5. The highest BCUT2D eigenvalue weighted by atomic mass is 35.5. The minimum atomic E-state index is -0.376. The van der Waals surface area contributed by atoms with Gasteiger partial charge in [-0.2, -0.15) is 0 Å². The Hall–Kier alpha value is -3.88. The second-order valence-corrected chi connectivity index (χ2v) is 12.3. The summed E-state index contributed by atoms with van der Waals surface area (Å²) in [4.78, 5) is 22.0. The summed E-state index contributed by atoms with van der Waals surface area (Å²) < 4.78 is 7.22. The molecule has 6 rings (SSSR count). The van der Waals surface area contributed by atoms with Crippen molar-refractivity contribution in [3.05, 3.63) is 106 Å². The van der Waals surface area contributed by atoms with Crippen molar-refractivity contribution in [2.45, 2.75) is 45.7 Å². The fourth-order valence-corrected chi connectivity index (χ4v) is 7.15. The first kappa shape index (κ1) is 29.2. The lowest BCUT2D eigenvalue weighted by Crippen LogP contribution is -2.33. The van der Waals surface area contributed by atoms with E-state index >= 15 is 0 Å². The molecule has 2 aliphatic heterocycles. The number of nitrogens with one attached hydrogen (secondary N) is 1. The number of hydrogen-bond donors (Lipinski definition) is 1. The number of nitrogens with zero attached hydrogens (tertiary/aromatic N) is 4. The molecular weight excluding hydrogens is 578 g/mol. The number of benzene rings is 2. The summed E-state index contributed by atoms with van der Waals surface area (Å²) >= 11 is 13.0. The van der Waals surface area contributed by atoms with E-state index in [9.17, 15) is 4.79 Å². The molecule has 0 saturated carbocycles. The first-order valence-electron chi connectivity index (χ1n) is 14.7. The van der Waals surface area contributed by atoms with E-state index < -0.39 is 0 Å². The highest BCUT2D eigenvalue weighted by molar-refractivity contribution is 7.80. The van der Waals surface area contributed by atoms with Gasteiger partial charge in [0, 0.05) is 36.4 Å². The van der Waals surface area contributed by atoms with Crippen LogP contribution < -0.4 is 15.1 Å². The van der Waals surface area contributed by atoms with Gasteiger partial charge >= 0.3 is 5.97 Å². The number of para-hydroxylation sites is 1. The molecule has 7 nitrogen and oxygen atoms in total. The quantitative estimate of drug-likeness (QED) is 0.180. The number of ether oxygens (including phenoxy) is 1. The zero-order chi connectivity index (χ0) is 30.2. The van der Waals surface area contributed by atoms with E-state index in [1.807, 2.05) is 42.5 Å². The van der Waals surface area contributed by atoms with Crippen LogP contribution >= 0.6 is 23.8 Å². The Morgan fingerprint density at radius 2 is 1.77 bits per heavy atom. The smallest absolute Gasteiger partial charge is 0.339 e. The van der Waals surface area contributed by atoms with Crippen molar-refractivity contribution < 1.29 is 9.53 Å². The van der Waals surface area contributed by atoms with Crippen molar-refractivity contribution in [2.75, 3.05) is 30.0 Å². The molecule has 2 aliphatic rings. The van der Waals surface area contributed by atoms with Gasteiger partial charge in [0.2, 0.25) is 0 Å². The van der Waals surface area contributed by atoms with Gasteiger partial charge in [-0.25, -0.2) is 4.79 Å². The van der Waals surface area contributed by atoms with Crippen molar-refractivity contribution in [3.63, 3.8) is 0 Å². The van der Waals surface area contributed by atoms with E-state index in [2.05, 4.69) is 58.7 Å². The molecule has 2 atom stereocenters. The van der Waals surface area contributed by atoms with Crippen LogP contribution in [0.4, 0.5) is 11.4 Å². The third-order valence-corrected chi connectivity index (χ3v) is 9.39. The van der Waals surface area contributed by atoms with E-state index in [0.717, 1.165) is 58.7 Å². The third-order valence-electron chi connectivity index (χ3n) is 8.77. The van der Waals surface area contributed by atoms with E-state index in [-0.39, 0.29) is 18.1 Å². The number of carbonyl (C=O) groups is 1. The number of rotatable bonds is 6. The van der Waals surface area contributed by atoms with Crippen LogP contribution in [0, 0.1) is 19.8 Å². The Morgan fingerprint density at radius 1 is 1.02 bits per heavy atom. The average Bonchev–Trinajstić information content (AvgIpc) is 3.52. The normalized spacial score (nSPS) is 19.0. The lowest BCUT2D eigenvalue weighted by atomic mass is 9.96. The average molecular weight is 614 g/mol. The zero-order valence-electron chi connectivity index (χ0n) is 24.9. The molecule has 0 radical (unpaired) electrons. The molecule has 4 heterocycles. The Labute approximate surface area is 263 Å². The first-order valence-corrected chi connectivity index (χ1v) is 15.5. The Balaban J connectivity index is 1.46. The summed E-state index contributed by atoms with van der Waals surface area (Å²) in [5.74, 6) is 0.365. The summed E-state index contributed by atoms with van der Waals surface area (Å²) in [6.07, 6.45) is 4.14. The number of pyridine rings is 1. The molecule has 0 spiro atoms. The molecule has 1 N–H and O–H groups in total. The molecule has 2 fully saturated rings. The number of aryl methyl sites for hydroxylation is 1. The van der Waals surface area contributed by atoms with Crippen LogP contribution in [0.15, 0.2) is 72.9 Å². The van der Waals surface area contributed by atoms with Crippen molar-refractivity contribution in [1.82, 2.24) is 14.9 Å². The second kappa shape index (κ2) is 12.0. The SMILES string of the molecule is COC(=O)c1ccccc1-n1c(C)cc([C@@H]2[C@H](c3ccccn3)NC(=S)N2c2ccc(N3CCC(C)CC3)c(Cl)c2)c1C. The van der Waals surface area contributed by atoms with Gasteiger partial charge in [0.25, 0.3) is 0 Å². The number of anilines is 2. The van der Waals surface area contributed by atoms with E-state index in [0.29, 0.717) is 15.7 Å². The maximum Gasteiger partial charge on any atom is 0.339 e. The molecule has 222 valence electrons. The minimum Gasteiger partial charge on any atom is -0.465 e. The topological polar surface area (TPSA) is 62.6 Å². The molecule has 2 aromatic heterocycles. The predicted molar refractivity (Wildman–Crippen MR) is 177 cm³/mol.